The molecule has 144 valence electrons. The molecule has 6 nitrogen and oxygen atoms in total. The third-order valence-electron chi connectivity index (χ3n) is 3.81. The molecule has 0 radical (unpaired) electrons. The summed E-state index contributed by atoms with van der Waals surface area (Å²) in [7, 11) is 0. The highest BCUT2D eigenvalue weighted by Gasteiger charge is 2.07. The van der Waals surface area contributed by atoms with Gasteiger partial charge in [0.25, 0.3) is 0 Å². The van der Waals surface area contributed by atoms with Crippen LogP contribution >= 0.6 is 24.0 Å². The minimum absolute atomic E-state index is 0. The summed E-state index contributed by atoms with van der Waals surface area (Å²) in [4.78, 5) is 9.05. The molecule has 0 amide bonds. The molecule has 0 unspecified atom stereocenters. The van der Waals surface area contributed by atoms with Crippen molar-refractivity contribution in [3.63, 3.8) is 0 Å². The van der Waals surface area contributed by atoms with Crippen LogP contribution in [0.25, 0.3) is 0 Å². The van der Waals surface area contributed by atoms with Crippen molar-refractivity contribution in [2.45, 2.75) is 47.4 Å². The second-order valence-corrected chi connectivity index (χ2v) is 5.70. The molecule has 0 aliphatic carbocycles. The van der Waals surface area contributed by atoms with Crippen LogP contribution in [0.3, 0.4) is 0 Å². The normalized spacial score (nSPS) is 11.2. The first-order valence-electron chi connectivity index (χ1n) is 8.73. The smallest absolute Gasteiger partial charge is 0.214 e. The number of benzene rings is 1. The second-order valence-electron chi connectivity index (χ2n) is 5.70. The Morgan fingerprint density at radius 2 is 1.88 bits per heavy atom. The van der Waals surface area contributed by atoms with Gasteiger partial charge >= 0.3 is 0 Å². The molecule has 0 saturated carbocycles. The number of rotatable bonds is 8. The summed E-state index contributed by atoms with van der Waals surface area (Å²) in [5, 5.41) is 6.51. The Morgan fingerprint density at radius 3 is 2.50 bits per heavy atom. The lowest BCUT2D eigenvalue weighted by molar-refractivity contribution is 0.133. The summed E-state index contributed by atoms with van der Waals surface area (Å²) >= 11 is 0. The molecule has 0 bridgehead atoms. The average Bonchev–Trinajstić information content (AvgIpc) is 2.94. The van der Waals surface area contributed by atoms with Gasteiger partial charge in [-0.3, -0.25) is 0 Å². The molecule has 1 heterocycles. The quantitative estimate of drug-likeness (QED) is 0.348. The molecule has 0 atom stereocenters. The van der Waals surface area contributed by atoms with Gasteiger partial charge in [0.15, 0.2) is 5.96 Å². The minimum atomic E-state index is 0. The number of hydrogen-bond donors (Lipinski definition) is 2. The molecule has 2 aromatic rings. The number of nitrogens with zero attached hydrogens (tertiary/aromatic N) is 2. The molecule has 0 aliphatic rings. The molecule has 0 saturated heterocycles. The number of aromatic nitrogens is 1. The Bertz CT molecular complexity index is 681. The van der Waals surface area contributed by atoms with Crippen LogP contribution in [0.2, 0.25) is 0 Å². The maximum absolute atomic E-state index is 5.60. The first kappa shape index (κ1) is 22.4. The van der Waals surface area contributed by atoms with Gasteiger partial charge in [-0.1, -0.05) is 24.3 Å². The molecular formula is C19H29IN4O2. The zero-order valence-electron chi connectivity index (χ0n) is 16.0. The molecular weight excluding hydrogens is 443 g/mol. The number of guanidine groups is 1. The van der Waals surface area contributed by atoms with Gasteiger partial charge in [0, 0.05) is 13.2 Å². The lowest BCUT2D eigenvalue weighted by Gasteiger charge is -2.11. The largest absolute Gasteiger partial charge is 0.444 e. The van der Waals surface area contributed by atoms with Crippen LogP contribution in [-0.2, 0) is 24.4 Å². The summed E-state index contributed by atoms with van der Waals surface area (Å²) in [6.45, 7) is 11.1. The van der Waals surface area contributed by atoms with Crippen molar-refractivity contribution in [2.75, 3.05) is 13.2 Å². The van der Waals surface area contributed by atoms with Gasteiger partial charge < -0.3 is 19.8 Å². The van der Waals surface area contributed by atoms with Crippen LogP contribution in [0.5, 0.6) is 0 Å². The summed E-state index contributed by atoms with van der Waals surface area (Å²) < 4.78 is 11.1. The highest BCUT2D eigenvalue weighted by atomic mass is 127. The fraction of sp³-hybridized carbons (Fsp3) is 0.474. The summed E-state index contributed by atoms with van der Waals surface area (Å²) in [6, 6.07) is 8.22. The van der Waals surface area contributed by atoms with Gasteiger partial charge in [0.1, 0.15) is 5.76 Å². The van der Waals surface area contributed by atoms with Crippen LogP contribution in [-0.4, -0.2) is 24.1 Å². The molecule has 0 fully saturated rings. The fourth-order valence-corrected chi connectivity index (χ4v) is 2.34. The van der Waals surface area contributed by atoms with Crippen LogP contribution in [0, 0.1) is 13.8 Å². The van der Waals surface area contributed by atoms with E-state index in [4.69, 9.17) is 9.15 Å². The molecule has 26 heavy (non-hydrogen) atoms. The molecule has 0 aliphatic heterocycles. The maximum Gasteiger partial charge on any atom is 0.214 e. The molecule has 2 N–H and O–H groups in total. The predicted molar refractivity (Wildman–Crippen MR) is 115 cm³/mol. The third-order valence-corrected chi connectivity index (χ3v) is 3.81. The van der Waals surface area contributed by atoms with E-state index in [2.05, 4.69) is 32.7 Å². The van der Waals surface area contributed by atoms with Gasteiger partial charge in [0.2, 0.25) is 5.89 Å². The number of halogens is 1. The van der Waals surface area contributed by atoms with Gasteiger partial charge in [-0.05, 0) is 38.8 Å². The average molecular weight is 472 g/mol. The maximum atomic E-state index is 5.60. The Balaban J connectivity index is 0.00000338. The zero-order chi connectivity index (χ0) is 18.1. The number of oxazole rings is 1. The summed E-state index contributed by atoms with van der Waals surface area (Å²) in [5.41, 5.74) is 3.25. The molecule has 1 aromatic heterocycles. The van der Waals surface area contributed by atoms with Crippen LogP contribution in [0.15, 0.2) is 33.7 Å². The standard InChI is InChI=1S/C19H28N4O2.HI/c1-5-20-19(22-12-18-23-14(3)15(4)25-18)21-11-16-9-7-8-10-17(16)13-24-6-2;/h7-10H,5-6,11-13H2,1-4H3,(H2,20,21,22);1H. The third kappa shape index (κ3) is 6.95. The van der Waals surface area contributed by atoms with Crippen LogP contribution in [0.4, 0.5) is 0 Å². The number of aryl methyl sites for hydroxylation is 2. The molecule has 1 aromatic carbocycles. The minimum Gasteiger partial charge on any atom is -0.444 e. The second kappa shape index (κ2) is 11.9. The van der Waals surface area contributed by atoms with Crippen molar-refractivity contribution >= 4 is 29.9 Å². The SMILES string of the molecule is CCNC(=NCc1ccccc1COCC)NCc1nc(C)c(C)o1.I. The van der Waals surface area contributed by atoms with Crippen molar-refractivity contribution in [3.8, 4) is 0 Å². The lowest BCUT2D eigenvalue weighted by Crippen LogP contribution is -2.36. The first-order chi connectivity index (χ1) is 12.1. The number of aliphatic imine (C=N–C) groups is 1. The van der Waals surface area contributed by atoms with E-state index in [1.54, 1.807) is 0 Å². The van der Waals surface area contributed by atoms with E-state index in [0.29, 0.717) is 32.2 Å². The van der Waals surface area contributed by atoms with E-state index < -0.39 is 0 Å². The lowest BCUT2D eigenvalue weighted by atomic mass is 10.1. The topological polar surface area (TPSA) is 71.7 Å². The van der Waals surface area contributed by atoms with E-state index in [9.17, 15) is 0 Å². The first-order valence-corrected chi connectivity index (χ1v) is 8.73. The van der Waals surface area contributed by atoms with Crippen molar-refractivity contribution in [1.82, 2.24) is 15.6 Å². The van der Waals surface area contributed by atoms with E-state index >= 15 is 0 Å². The van der Waals surface area contributed by atoms with Crippen molar-refractivity contribution in [1.29, 1.82) is 0 Å². The predicted octanol–water partition coefficient (Wildman–Crippen LogP) is 3.70. The molecule has 2 rings (SSSR count). The monoisotopic (exact) mass is 472 g/mol. The number of nitrogens with one attached hydrogen (secondary N) is 2. The van der Waals surface area contributed by atoms with Crippen LogP contribution < -0.4 is 10.6 Å². The Hall–Kier alpha value is -1.61. The van der Waals surface area contributed by atoms with Gasteiger partial charge in [0.05, 0.1) is 25.4 Å². The Labute approximate surface area is 172 Å². The molecule has 0 spiro atoms. The summed E-state index contributed by atoms with van der Waals surface area (Å²) in [5.74, 6) is 2.25. The van der Waals surface area contributed by atoms with E-state index in [-0.39, 0.29) is 24.0 Å². The van der Waals surface area contributed by atoms with Crippen molar-refractivity contribution < 1.29 is 9.15 Å². The highest BCUT2D eigenvalue weighted by molar-refractivity contribution is 14.0. The van der Waals surface area contributed by atoms with E-state index in [1.165, 1.54) is 5.56 Å². The highest BCUT2D eigenvalue weighted by Crippen LogP contribution is 2.12. The van der Waals surface area contributed by atoms with Crippen molar-refractivity contribution in [3.05, 3.63) is 52.7 Å². The zero-order valence-corrected chi connectivity index (χ0v) is 18.3. The van der Waals surface area contributed by atoms with Crippen LogP contribution in [0.1, 0.15) is 42.3 Å². The van der Waals surface area contributed by atoms with Gasteiger partial charge in [-0.15, -0.1) is 24.0 Å². The number of ether oxygens (including phenoxy) is 1. The van der Waals surface area contributed by atoms with Gasteiger partial charge in [-0.2, -0.15) is 0 Å². The molecule has 7 heteroatoms. The van der Waals surface area contributed by atoms with Crippen molar-refractivity contribution in [2.24, 2.45) is 4.99 Å². The Morgan fingerprint density at radius 1 is 1.15 bits per heavy atom. The van der Waals surface area contributed by atoms with E-state index in [0.717, 1.165) is 29.5 Å². The fourth-order valence-electron chi connectivity index (χ4n) is 2.34. The Kier molecular flexibility index (Phi) is 10.3. The number of hydrogen-bond acceptors (Lipinski definition) is 4. The van der Waals surface area contributed by atoms with Gasteiger partial charge in [-0.25, -0.2) is 9.98 Å². The summed E-state index contributed by atoms with van der Waals surface area (Å²) in [6.07, 6.45) is 0. The van der Waals surface area contributed by atoms with E-state index in [1.807, 2.05) is 39.8 Å².